The van der Waals surface area contributed by atoms with E-state index in [9.17, 15) is 8.42 Å². The Balaban J connectivity index is 1.77. The predicted octanol–water partition coefficient (Wildman–Crippen LogP) is 3.48. The lowest BCUT2D eigenvalue weighted by Gasteiger charge is -2.28. The van der Waals surface area contributed by atoms with Gasteiger partial charge in [0.15, 0.2) is 0 Å². The highest BCUT2D eigenvalue weighted by atomic mass is 32.2. The number of nitrogens with zero attached hydrogens (tertiary/aromatic N) is 2. The van der Waals surface area contributed by atoms with Crippen LogP contribution in [0, 0.1) is 0 Å². The normalized spacial score (nSPS) is 16.6. The van der Waals surface area contributed by atoms with Crippen molar-refractivity contribution in [3.8, 4) is 11.3 Å². The molecule has 1 aliphatic carbocycles. The molecule has 0 amide bonds. The van der Waals surface area contributed by atoms with Crippen LogP contribution in [0.5, 0.6) is 0 Å². The van der Waals surface area contributed by atoms with Crippen LogP contribution in [0.2, 0.25) is 0 Å². The molecule has 0 aliphatic heterocycles. The molecule has 0 spiro atoms. The summed E-state index contributed by atoms with van der Waals surface area (Å²) in [5.41, 5.74) is 5.09. The van der Waals surface area contributed by atoms with E-state index in [1.807, 2.05) is 23.9 Å². The van der Waals surface area contributed by atoms with Crippen LogP contribution in [0.3, 0.4) is 0 Å². The molecule has 3 aromatic rings. The summed E-state index contributed by atoms with van der Waals surface area (Å²) in [7, 11) is -0.217. The summed E-state index contributed by atoms with van der Waals surface area (Å²) in [6, 6.07) is 13.9. The largest absolute Gasteiger partial charge is 0.378 e. The van der Waals surface area contributed by atoms with Crippen LogP contribution in [0.4, 0.5) is 5.69 Å². The van der Waals surface area contributed by atoms with Crippen LogP contribution in [-0.2, 0) is 23.5 Å². The number of rotatable bonds is 5. The molecule has 4 rings (SSSR count). The number of benzene rings is 2. The number of hydrogen-bond donors (Lipinski definition) is 2. The average molecular weight is 397 g/mol. The zero-order valence-corrected chi connectivity index (χ0v) is 16.8. The third-order valence-electron chi connectivity index (χ3n) is 5.25. The minimum absolute atomic E-state index is 0.194. The maximum Gasteiger partial charge on any atom is 0.240 e. The van der Waals surface area contributed by atoms with E-state index in [4.69, 9.17) is 0 Å². The van der Waals surface area contributed by atoms with Crippen LogP contribution in [0.1, 0.15) is 30.0 Å². The Morgan fingerprint density at radius 2 is 2.00 bits per heavy atom. The average Bonchev–Trinajstić information content (AvgIpc) is 3.14. The van der Waals surface area contributed by atoms with Gasteiger partial charge in [-0.2, -0.15) is 0 Å². The third kappa shape index (κ3) is 3.55. The van der Waals surface area contributed by atoms with Crippen LogP contribution in [-0.4, -0.2) is 25.0 Å². The van der Waals surface area contributed by atoms with Crippen molar-refractivity contribution in [2.24, 2.45) is 7.05 Å². The molecule has 1 aromatic heterocycles. The lowest BCUT2D eigenvalue weighted by Crippen LogP contribution is -2.20. The number of sulfonamides is 1. The molecule has 1 unspecified atom stereocenters. The molecule has 146 valence electrons. The Morgan fingerprint density at radius 1 is 1.18 bits per heavy atom. The first-order valence-electron chi connectivity index (χ1n) is 9.38. The maximum absolute atomic E-state index is 12.3. The number of aryl methyl sites for hydroxylation is 2. The van der Waals surface area contributed by atoms with Gasteiger partial charge in [0.2, 0.25) is 10.0 Å². The number of anilines is 1. The zero-order valence-electron chi connectivity index (χ0n) is 16.0. The quantitative estimate of drug-likeness (QED) is 0.692. The summed E-state index contributed by atoms with van der Waals surface area (Å²) in [5, 5.41) is 3.65. The summed E-state index contributed by atoms with van der Waals surface area (Å²) in [6.45, 7) is 0. The van der Waals surface area contributed by atoms with Gasteiger partial charge in [0.25, 0.3) is 0 Å². The second-order valence-electron chi connectivity index (χ2n) is 7.13. The molecular weight excluding hydrogens is 372 g/mol. The summed E-state index contributed by atoms with van der Waals surface area (Å²) in [5.74, 6) is 0. The van der Waals surface area contributed by atoms with Gasteiger partial charge in [-0.1, -0.05) is 24.3 Å². The van der Waals surface area contributed by atoms with Crippen LogP contribution in [0.15, 0.2) is 59.9 Å². The van der Waals surface area contributed by atoms with Crippen LogP contribution < -0.4 is 10.0 Å². The van der Waals surface area contributed by atoms with Gasteiger partial charge in [0.05, 0.1) is 23.0 Å². The molecule has 28 heavy (non-hydrogen) atoms. The number of hydrogen-bond acceptors (Lipinski definition) is 4. The Labute approximate surface area is 165 Å². The highest BCUT2D eigenvalue weighted by Crippen LogP contribution is 2.36. The second-order valence-corrected chi connectivity index (χ2v) is 9.01. The fourth-order valence-electron chi connectivity index (χ4n) is 3.79. The molecule has 0 bridgehead atoms. The summed E-state index contributed by atoms with van der Waals surface area (Å²) in [4.78, 5) is 4.67. The molecule has 1 aliphatic rings. The van der Waals surface area contributed by atoms with Gasteiger partial charge in [0, 0.05) is 24.5 Å². The molecule has 0 radical (unpaired) electrons. The molecule has 1 heterocycles. The number of fused-ring (bicyclic) bond motifs is 1. The first kappa shape index (κ1) is 18.7. The minimum atomic E-state index is -3.53. The monoisotopic (exact) mass is 396 g/mol. The second kappa shape index (κ2) is 7.41. The third-order valence-corrected chi connectivity index (χ3v) is 6.66. The molecule has 7 heteroatoms. The standard InChI is InChI=1S/C21H24N4O2S/c1-22-28(26,27)16-10-11-20(18(12-16)21-13-25(2)14-23-21)24-19-9-5-7-15-6-3-4-8-17(15)19/h3-4,6,8,10-14,19,22,24H,5,7,9H2,1-2H3. The summed E-state index contributed by atoms with van der Waals surface area (Å²) >= 11 is 0. The van der Waals surface area contributed by atoms with Crippen molar-refractivity contribution >= 4 is 15.7 Å². The van der Waals surface area contributed by atoms with Gasteiger partial charge in [-0.15, -0.1) is 0 Å². The Kier molecular flexibility index (Phi) is 4.95. The van der Waals surface area contributed by atoms with Crippen molar-refractivity contribution in [1.82, 2.24) is 14.3 Å². The number of aromatic nitrogens is 2. The minimum Gasteiger partial charge on any atom is -0.378 e. The number of nitrogens with one attached hydrogen (secondary N) is 2. The first-order valence-corrected chi connectivity index (χ1v) is 10.9. The van der Waals surface area contributed by atoms with Crippen molar-refractivity contribution in [3.63, 3.8) is 0 Å². The number of imidazole rings is 1. The molecule has 0 saturated carbocycles. The van der Waals surface area contributed by atoms with E-state index in [1.165, 1.54) is 18.2 Å². The topological polar surface area (TPSA) is 76.0 Å². The van der Waals surface area contributed by atoms with Crippen molar-refractivity contribution in [2.75, 3.05) is 12.4 Å². The smallest absolute Gasteiger partial charge is 0.240 e. The van der Waals surface area contributed by atoms with Gasteiger partial charge in [-0.25, -0.2) is 18.1 Å². The lowest BCUT2D eigenvalue weighted by atomic mass is 9.87. The van der Waals surface area contributed by atoms with Crippen molar-refractivity contribution in [3.05, 3.63) is 66.1 Å². The molecular formula is C21H24N4O2S. The highest BCUT2D eigenvalue weighted by Gasteiger charge is 2.22. The van der Waals surface area contributed by atoms with Gasteiger partial charge >= 0.3 is 0 Å². The van der Waals surface area contributed by atoms with E-state index in [2.05, 4.69) is 39.3 Å². The van der Waals surface area contributed by atoms with E-state index in [0.717, 1.165) is 36.2 Å². The SMILES string of the molecule is CNS(=O)(=O)c1ccc(NC2CCCc3ccccc32)c(-c2cn(C)cn2)c1. The Hall–Kier alpha value is -2.64. The predicted molar refractivity (Wildman–Crippen MR) is 111 cm³/mol. The highest BCUT2D eigenvalue weighted by molar-refractivity contribution is 7.89. The molecule has 0 saturated heterocycles. The zero-order chi connectivity index (χ0) is 19.7. The van der Waals surface area contributed by atoms with E-state index < -0.39 is 10.0 Å². The van der Waals surface area contributed by atoms with Crippen LogP contribution in [0.25, 0.3) is 11.3 Å². The molecule has 0 fully saturated rings. The summed E-state index contributed by atoms with van der Waals surface area (Å²) in [6.07, 6.45) is 6.87. The van der Waals surface area contributed by atoms with E-state index in [1.54, 1.807) is 18.5 Å². The van der Waals surface area contributed by atoms with Crippen molar-refractivity contribution < 1.29 is 8.42 Å². The molecule has 2 N–H and O–H groups in total. The van der Waals surface area contributed by atoms with Gasteiger partial charge in [-0.3, -0.25) is 0 Å². The summed E-state index contributed by atoms with van der Waals surface area (Å²) < 4.78 is 28.8. The van der Waals surface area contributed by atoms with E-state index in [-0.39, 0.29) is 10.9 Å². The molecule has 2 aromatic carbocycles. The van der Waals surface area contributed by atoms with Gasteiger partial charge < -0.3 is 9.88 Å². The van der Waals surface area contributed by atoms with Crippen LogP contribution >= 0.6 is 0 Å². The lowest BCUT2D eigenvalue weighted by molar-refractivity contribution is 0.588. The van der Waals surface area contributed by atoms with Crippen molar-refractivity contribution in [2.45, 2.75) is 30.2 Å². The van der Waals surface area contributed by atoms with Crippen molar-refractivity contribution in [1.29, 1.82) is 0 Å². The Morgan fingerprint density at radius 3 is 2.75 bits per heavy atom. The van der Waals surface area contributed by atoms with E-state index in [0.29, 0.717) is 0 Å². The molecule has 6 nitrogen and oxygen atoms in total. The van der Waals surface area contributed by atoms with Gasteiger partial charge in [-0.05, 0) is 55.6 Å². The first-order chi connectivity index (χ1) is 13.5. The maximum atomic E-state index is 12.3. The fourth-order valence-corrected chi connectivity index (χ4v) is 4.55. The van der Waals surface area contributed by atoms with Gasteiger partial charge in [0.1, 0.15) is 0 Å². The fraction of sp³-hybridized carbons (Fsp3) is 0.286. The molecule has 1 atom stereocenters. The van der Waals surface area contributed by atoms with E-state index >= 15 is 0 Å². The Bertz CT molecular complexity index is 1110.